The molecule has 0 unspecified atom stereocenters. The number of aromatic nitrogens is 1. The number of nitrogens with zero attached hydrogens (tertiary/aromatic N) is 1. The van der Waals surface area contributed by atoms with Gasteiger partial charge in [0.1, 0.15) is 11.5 Å². The minimum Gasteiger partial charge on any atom is -0.457 e. The summed E-state index contributed by atoms with van der Waals surface area (Å²) in [5, 5.41) is 11.5. The first-order valence-corrected chi connectivity index (χ1v) is 9.52. The highest BCUT2D eigenvalue weighted by atomic mass is 16.5. The van der Waals surface area contributed by atoms with E-state index in [9.17, 15) is 14.4 Å². The predicted molar refractivity (Wildman–Crippen MR) is 113 cm³/mol. The highest BCUT2D eigenvalue weighted by Gasteiger charge is 2.27. The maximum Gasteiger partial charge on any atom is 0.326 e. The molecule has 0 spiro atoms. The number of urea groups is 1. The third-order valence-electron chi connectivity index (χ3n) is 4.57. The van der Waals surface area contributed by atoms with Crippen LogP contribution < -0.4 is 20.7 Å². The van der Waals surface area contributed by atoms with Gasteiger partial charge in [0.25, 0.3) is 11.8 Å². The molecule has 0 saturated heterocycles. The van der Waals surface area contributed by atoms with E-state index in [0.29, 0.717) is 22.7 Å². The number of hydrogen-bond donors (Lipinski definition) is 3. The first-order chi connectivity index (χ1) is 14.7. The Morgan fingerprint density at radius 1 is 0.935 bits per heavy atom. The van der Waals surface area contributed by atoms with Crippen LogP contribution in [0.2, 0.25) is 0 Å². The van der Waals surface area contributed by atoms with Gasteiger partial charge in [0.05, 0.1) is 16.8 Å². The van der Waals surface area contributed by atoms with E-state index in [1.54, 1.807) is 42.5 Å². The lowest BCUT2D eigenvalue weighted by molar-refractivity contribution is 0.0879. The molecular weight excluding hydrogens is 400 g/mol. The molecule has 0 aliphatic carbocycles. The van der Waals surface area contributed by atoms with Crippen LogP contribution in [0.1, 0.15) is 47.2 Å². The molecular formula is C22H20N4O5. The van der Waals surface area contributed by atoms with E-state index in [1.165, 1.54) is 6.07 Å². The fourth-order valence-electron chi connectivity index (χ4n) is 2.91. The number of hydrogen-bond acceptors (Lipinski definition) is 6. The van der Waals surface area contributed by atoms with Crippen LogP contribution >= 0.6 is 0 Å². The minimum absolute atomic E-state index is 0.187. The summed E-state index contributed by atoms with van der Waals surface area (Å²) in [7, 11) is 0. The number of benzene rings is 2. The molecule has 1 aromatic heterocycles. The quantitative estimate of drug-likeness (QED) is 0.541. The van der Waals surface area contributed by atoms with Gasteiger partial charge in [0.2, 0.25) is 5.88 Å². The zero-order chi connectivity index (χ0) is 22.2. The van der Waals surface area contributed by atoms with Crippen LogP contribution in [0.15, 0.2) is 53.1 Å². The van der Waals surface area contributed by atoms with Gasteiger partial charge in [-0.3, -0.25) is 20.2 Å². The van der Waals surface area contributed by atoms with Gasteiger partial charge in [-0.2, -0.15) is 0 Å². The molecule has 0 radical (unpaired) electrons. The molecule has 0 fully saturated rings. The lowest BCUT2D eigenvalue weighted by Crippen LogP contribution is -2.19. The summed E-state index contributed by atoms with van der Waals surface area (Å²) >= 11 is 0. The Morgan fingerprint density at radius 3 is 2.29 bits per heavy atom. The fraction of sp³-hybridized carbons (Fsp3) is 0.182. The van der Waals surface area contributed by atoms with Gasteiger partial charge in [-0.05, 0) is 42.5 Å². The van der Waals surface area contributed by atoms with E-state index < -0.39 is 17.8 Å². The summed E-state index contributed by atoms with van der Waals surface area (Å²) in [6.07, 6.45) is 0. The molecule has 0 atom stereocenters. The zero-order valence-corrected chi connectivity index (χ0v) is 17.1. The van der Waals surface area contributed by atoms with E-state index >= 15 is 0 Å². The Kier molecular flexibility index (Phi) is 4.94. The number of fused-ring (bicyclic) bond motifs is 1. The third kappa shape index (κ3) is 4.40. The lowest BCUT2D eigenvalue weighted by atomic mass is 9.92. The highest BCUT2D eigenvalue weighted by molar-refractivity contribution is 6.21. The van der Waals surface area contributed by atoms with Gasteiger partial charge in [0.15, 0.2) is 0 Å². The Morgan fingerprint density at radius 2 is 1.61 bits per heavy atom. The number of carbonyl (C=O) groups excluding carboxylic acids is 3. The number of imide groups is 1. The van der Waals surface area contributed by atoms with Crippen molar-refractivity contribution in [3.05, 3.63) is 65.4 Å². The second-order valence-corrected chi connectivity index (χ2v) is 8.02. The van der Waals surface area contributed by atoms with Crippen molar-refractivity contribution in [1.82, 2.24) is 10.5 Å². The molecule has 31 heavy (non-hydrogen) atoms. The van der Waals surface area contributed by atoms with Crippen LogP contribution in [0.5, 0.6) is 11.5 Å². The molecule has 158 valence electrons. The largest absolute Gasteiger partial charge is 0.457 e. The molecule has 2 heterocycles. The van der Waals surface area contributed by atoms with Crippen molar-refractivity contribution in [3.8, 4) is 11.5 Å². The van der Waals surface area contributed by atoms with Gasteiger partial charge in [-0.15, -0.1) is 0 Å². The smallest absolute Gasteiger partial charge is 0.326 e. The van der Waals surface area contributed by atoms with Crippen LogP contribution in [0.3, 0.4) is 0 Å². The number of ether oxygens (including phenoxy) is 1. The van der Waals surface area contributed by atoms with Gasteiger partial charge < -0.3 is 14.6 Å². The van der Waals surface area contributed by atoms with Crippen LogP contribution in [0.4, 0.5) is 16.4 Å². The maximum absolute atomic E-state index is 12.2. The van der Waals surface area contributed by atoms with Gasteiger partial charge in [-0.25, -0.2) is 4.79 Å². The molecule has 2 aromatic carbocycles. The maximum atomic E-state index is 12.2. The predicted octanol–water partition coefficient (Wildman–Crippen LogP) is 4.29. The van der Waals surface area contributed by atoms with E-state index in [0.717, 1.165) is 5.69 Å². The summed E-state index contributed by atoms with van der Waals surface area (Å²) in [5.41, 5.74) is 1.69. The van der Waals surface area contributed by atoms with Gasteiger partial charge in [-0.1, -0.05) is 25.9 Å². The molecule has 0 saturated carbocycles. The fourth-order valence-corrected chi connectivity index (χ4v) is 2.91. The molecule has 3 N–H and O–H groups in total. The summed E-state index contributed by atoms with van der Waals surface area (Å²) in [4.78, 5) is 35.6. The van der Waals surface area contributed by atoms with Crippen LogP contribution in [-0.4, -0.2) is 23.0 Å². The minimum atomic E-state index is -0.473. The number of amides is 4. The van der Waals surface area contributed by atoms with Crippen LogP contribution in [0, 0.1) is 0 Å². The molecule has 1 aliphatic heterocycles. The van der Waals surface area contributed by atoms with E-state index in [2.05, 4.69) is 21.1 Å². The van der Waals surface area contributed by atoms with Crippen molar-refractivity contribution >= 4 is 29.4 Å². The van der Waals surface area contributed by atoms with Crippen molar-refractivity contribution < 1.29 is 23.6 Å². The average molecular weight is 420 g/mol. The van der Waals surface area contributed by atoms with Crippen molar-refractivity contribution in [2.24, 2.45) is 0 Å². The van der Waals surface area contributed by atoms with Crippen LogP contribution in [0.25, 0.3) is 0 Å². The Labute approximate surface area is 177 Å². The Bertz CT molecular complexity index is 1180. The molecule has 3 aromatic rings. The van der Waals surface area contributed by atoms with Crippen LogP contribution in [-0.2, 0) is 5.41 Å². The van der Waals surface area contributed by atoms with Crippen molar-refractivity contribution in [1.29, 1.82) is 0 Å². The average Bonchev–Trinajstić information content (AvgIpc) is 3.28. The number of carbonyl (C=O) groups is 3. The monoisotopic (exact) mass is 420 g/mol. The molecule has 1 aliphatic rings. The van der Waals surface area contributed by atoms with Gasteiger partial charge in [0, 0.05) is 17.2 Å². The van der Waals surface area contributed by atoms with E-state index in [1.807, 2.05) is 20.8 Å². The highest BCUT2D eigenvalue weighted by Crippen LogP contribution is 2.27. The Balaban J connectivity index is 1.37. The number of rotatable bonds is 4. The van der Waals surface area contributed by atoms with Crippen molar-refractivity contribution in [3.63, 3.8) is 0 Å². The molecule has 4 amide bonds. The first-order valence-electron chi connectivity index (χ1n) is 9.52. The van der Waals surface area contributed by atoms with E-state index in [4.69, 9.17) is 9.26 Å². The number of anilines is 2. The van der Waals surface area contributed by atoms with Gasteiger partial charge >= 0.3 is 6.03 Å². The molecule has 4 rings (SSSR count). The topological polar surface area (TPSA) is 123 Å². The lowest BCUT2D eigenvalue weighted by Gasteiger charge is -2.12. The van der Waals surface area contributed by atoms with Crippen molar-refractivity contribution in [2.75, 3.05) is 10.6 Å². The number of nitrogens with one attached hydrogen (secondary N) is 3. The first kappa shape index (κ1) is 20.1. The second-order valence-electron chi connectivity index (χ2n) is 8.02. The van der Waals surface area contributed by atoms with E-state index in [-0.39, 0.29) is 16.9 Å². The third-order valence-corrected chi connectivity index (χ3v) is 4.57. The standard InChI is InChI=1S/C22H20N4O5/c1-22(2,3)17-11-18(31-26-17)24-21(29)23-12-4-6-13(7-5-12)30-14-8-9-15-16(10-14)20(28)25-19(15)27/h4-11H,1-3H3,(H2,23,24,29)(H,25,27,28). The normalized spacial score (nSPS) is 12.9. The second kappa shape index (κ2) is 7.60. The molecule has 9 nitrogen and oxygen atoms in total. The Hall–Kier alpha value is -4.14. The van der Waals surface area contributed by atoms with Crippen molar-refractivity contribution in [2.45, 2.75) is 26.2 Å². The molecule has 0 bridgehead atoms. The zero-order valence-electron chi connectivity index (χ0n) is 17.1. The molecule has 9 heteroatoms. The summed E-state index contributed by atoms with van der Waals surface area (Å²) in [6.45, 7) is 5.99. The summed E-state index contributed by atoms with van der Waals surface area (Å²) in [5.74, 6) is 0.307. The summed E-state index contributed by atoms with van der Waals surface area (Å²) in [6, 6.07) is 12.5. The summed E-state index contributed by atoms with van der Waals surface area (Å²) < 4.78 is 10.9. The SMILES string of the molecule is CC(C)(C)c1cc(NC(=O)Nc2ccc(Oc3ccc4c(c3)C(=O)NC4=O)cc2)on1.